The van der Waals surface area contributed by atoms with Crippen molar-refractivity contribution < 1.29 is 14.3 Å². The van der Waals surface area contributed by atoms with Gasteiger partial charge in [-0.3, -0.25) is 4.79 Å². The number of aromatic nitrogens is 3. The maximum absolute atomic E-state index is 12.6. The van der Waals surface area contributed by atoms with E-state index in [-0.39, 0.29) is 11.9 Å². The van der Waals surface area contributed by atoms with Gasteiger partial charge in [0.15, 0.2) is 5.65 Å². The first-order valence-electron chi connectivity index (χ1n) is 7.45. The molecule has 0 aliphatic heterocycles. The molecule has 0 bridgehead atoms. The van der Waals surface area contributed by atoms with Crippen molar-refractivity contribution in [1.29, 1.82) is 0 Å². The third-order valence-corrected chi connectivity index (χ3v) is 3.77. The second kappa shape index (κ2) is 6.57. The molecule has 0 saturated carbocycles. The van der Waals surface area contributed by atoms with Crippen LogP contribution in [0.4, 0.5) is 0 Å². The number of carbonyl (C=O) groups excluding carboxylic acids is 1. The van der Waals surface area contributed by atoms with E-state index in [9.17, 15) is 4.79 Å². The lowest BCUT2D eigenvalue weighted by Crippen LogP contribution is -2.27. The Balaban J connectivity index is 1.86. The number of hydrogen-bond acceptors (Lipinski definition) is 5. The molecule has 1 N–H and O–H groups in total. The first kappa shape index (κ1) is 15.8. The van der Waals surface area contributed by atoms with Crippen molar-refractivity contribution in [2.45, 2.75) is 13.0 Å². The summed E-state index contributed by atoms with van der Waals surface area (Å²) in [5.41, 5.74) is 1.76. The van der Waals surface area contributed by atoms with Crippen LogP contribution in [-0.4, -0.2) is 34.7 Å². The third-order valence-electron chi connectivity index (χ3n) is 3.77. The molecular weight excluding hydrogens is 308 g/mol. The van der Waals surface area contributed by atoms with Gasteiger partial charge in [0.25, 0.3) is 5.91 Å². The average molecular weight is 326 g/mol. The number of ether oxygens (including phenoxy) is 2. The molecule has 0 spiro atoms. The van der Waals surface area contributed by atoms with Crippen LogP contribution in [0.15, 0.2) is 42.9 Å². The van der Waals surface area contributed by atoms with E-state index in [4.69, 9.17) is 9.47 Å². The van der Waals surface area contributed by atoms with Crippen molar-refractivity contribution in [2.24, 2.45) is 0 Å². The Kier molecular flexibility index (Phi) is 4.33. The molecule has 0 radical (unpaired) electrons. The van der Waals surface area contributed by atoms with Crippen molar-refractivity contribution in [1.82, 2.24) is 19.9 Å². The van der Waals surface area contributed by atoms with E-state index in [0.29, 0.717) is 22.7 Å². The summed E-state index contributed by atoms with van der Waals surface area (Å²) in [5.74, 6) is 1.13. The highest BCUT2D eigenvalue weighted by molar-refractivity contribution is 5.99. The van der Waals surface area contributed by atoms with E-state index in [1.165, 1.54) is 6.20 Å². The van der Waals surface area contributed by atoms with Crippen molar-refractivity contribution in [3.05, 3.63) is 54.0 Å². The van der Waals surface area contributed by atoms with Crippen LogP contribution in [0.5, 0.6) is 11.5 Å². The molecule has 0 aliphatic rings. The molecule has 24 heavy (non-hydrogen) atoms. The number of nitrogens with zero attached hydrogens (tertiary/aromatic N) is 3. The van der Waals surface area contributed by atoms with E-state index in [2.05, 4.69) is 15.4 Å². The highest BCUT2D eigenvalue weighted by Gasteiger charge is 2.19. The summed E-state index contributed by atoms with van der Waals surface area (Å²) < 4.78 is 12.2. The number of rotatable bonds is 5. The van der Waals surface area contributed by atoms with Crippen LogP contribution in [0.25, 0.3) is 5.65 Å². The number of amides is 1. The normalized spacial score (nSPS) is 12.0. The highest BCUT2D eigenvalue weighted by Crippen LogP contribution is 2.29. The maximum atomic E-state index is 12.6. The molecule has 3 rings (SSSR count). The molecule has 0 aliphatic carbocycles. The molecule has 1 amide bonds. The van der Waals surface area contributed by atoms with Crippen LogP contribution in [0, 0.1) is 0 Å². The topological polar surface area (TPSA) is 77.8 Å². The van der Waals surface area contributed by atoms with Crippen LogP contribution in [0.3, 0.4) is 0 Å². The molecule has 1 unspecified atom stereocenters. The molecule has 1 aromatic carbocycles. The Morgan fingerprint density at radius 1 is 1.29 bits per heavy atom. The second-order valence-corrected chi connectivity index (χ2v) is 5.25. The van der Waals surface area contributed by atoms with Gasteiger partial charge in [-0.2, -0.15) is 5.10 Å². The SMILES string of the molecule is COc1ccc(OC)c(C(C)NC(=O)c2cnn3cccnc23)c1. The summed E-state index contributed by atoms with van der Waals surface area (Å²) in [7, 11) is 3.19. The van der Waals surface area contributed by atoms with Gasteiger partial charge in [0.2, 0.25) is 0 Å². The molecular formula is C17H18N4O3. The van der Waals surface area contributed by atoms with Crippen LogP contribution in [0.1, 0.15) is 28.9 Å². The number of fused-ring (bicyclic) bond motifs is 1. The summed E-state index contributed by atoms with van der Waals surface area (Å²) in [6.07, 6.45) is 4.88. The van der Waals surface area contributed by atoms with E-state index in [1.54, 1.807) is 37.2 Å². The van der Waals surface area contributed by atoms with E-state index >= 15 is 0 Å². The standard InChI is InChI=1S/C17H18N4O3/c1-11(13-9-12(23-2)5-6-15(13)24-3)20-17(22)14-10-19-21-8-4-7-18-16(14)21/h4-11H,1-3H3,(H,20,22). The molecule has 2 aromatic heterocycles. The van der Waals surface area contributed by atoms with Crippen LogP contribution in [-0.2, 0) is 0 Å². The molecule has 7 heteroatoms. The molecule has 2 heterocycles. The lowest BCUT2D eigenvalue weighted by molar-refractivity contribution is 0.0941. The van der Waals surface area contributed by atoms with Gasteiger partial charge < -0.3 is 14.8 Å². The second-order valence-electron chi connectivity index (χ2n) is 5.25. The number of methoxy groups -OCH3 is 2. The number of benzene rings is 1. The zero-order chi connectivity index (χ0) is 17.1. The van der Waals surface area contributed by atoms with Gasteiger partial charge in [-0.15, -0.1) is 0 Å². The minimum absolute atomic E-state index is 0.249. The van der Waals surface area contributed by atoms with Gasteiger partial charge in [-0.1, -0.05) is 0 Å². The van der Waals surface area contributed by atoms with Crippen molar-refractivity contribution in [3.8, 4) is 11.5 Å². The largest absolute Gasteiger partial charge is 0.497 e. The minimum Gasteiger partial charge on any atom is -0.497 e. The van der Waals surface area contributed by atoms with Crippen molar-refractivity contribution in [3.63, 3.8) is 0 Å². The Labute approximate surface area is 139 Å². The summed E-state index contributed by atoms with van der Waals surface area (Å²) in [5, 5.41) is 7.08. The zero-order valence-corrected chi connectivity index (χ0v) is 13.7. The van der Waals surface area contributed by atoms with Gasteiger partial charge in [-0.05, 0) is 31.2 Å². The summed E-state index contributed by atoms with van der Waals surface area (Å²) in [4.78, 5) is 16.8. The Bertz CT molecular complexity index is 875. The molecule has 3 aromatic rings. The number of nitrogens with one attached hydrogen (secondary N) is 1. The van der Waals surface area contributed by atoms with Crippen LogP contribution < -0.4 is 14.8 Å². The predicted octanol–water partition coefficient (Wildman–Crippen LogP) is 2.24. The first-order valence-corrected chi connectivity index (χ1v) is 7.45. The van der Waals surface area contributed by atoms with E-state index < -0.39 is 0 Å². The number of hydrogen-bond donors (Lipinski definition) is 1. The molecule has 0 saturated heterocycles. The highest BCUT2D eigenvalue weighted by atomic mass is 16.5. The zero-order valence-electron chi connectivity index (χ0n) is 13.7. The molecule has 1 atom stereocenters. The van der Waals surface area contributed by atoms with E-state index in [1.807, 2.05) is 25.1 Å². The molecule has 0 fully saturated rings. The van der Waals surface area contributed by atoms with Gasteiger partial charge >= 0.3 is 0 Å². The Morgan fingerprint density at radius 2 is 2.12 bits per heavy atom. The lowest BCUT2D eigenvalue weighted by atomic mass is 10.1. The van der Waals surface area contributed by atoms with Gasteiger partial charge in [0.05, 0.1) is 26.5 Å². The quantitative estimate of drug-likeness (QED) is 0.778. The van der Waals surface area contributed by atoms with Crippen LogP contribution >= 0.6 is 0 Å². The smallest absolute Gasteiger partial charge is 0.257 e. The van der Waals surface area contributed by atoms with Gasteiger partial charge in [0.1, 0.15) is 17.1 Å². The fourth-order valence-electron chi connectivity index (χ4n) is 2.52. The van der Waals surface area contributed by atoms with Crippen molar-refractivity contribution in [2.75, 3.05) is 14.2 Å². The van der Waals surface area contributed by atoms with Gasteiger partial charge in [0, 0.05) is 18.0 Å². The van der Waals surface area contributed by atoms with E-state index in [0.717, 1.165) is 5.56 Å². The monoisotopic (exact) mass is 326 g/mol. The third kappa shape index (κ3) is 2.88. The lowest BCUT2D eigenvalue weighted by Gasteiger charge is -2.18. The van der Waals surface area contributed by atoms with Crippen LogP contribution in [0.2, 0.25) is 0 Å². The molecule has 7 nitrogen and oxygen atoms in total. The number of carbonyl (C=O) groups is 1. The minimum atomic E-state index is -0.277. The summed E-state index contributed by atoms with van der Waals surface area (Å²) in [6.45, 7) is 1.88. The summed E-state index contributed by atoms with van der Waals surface area (Å²) >= 11 is 0. The summed E-state index contributed by atoms with van der Waals surface area (Å²) in [6, 6.07) is 6.95. The Morgan fingerprint density at radius 3 is 2.88 bits per heavy atom. The fraction of sp³-hybridized carbons (Fsp3) is 0.235. The molecule has 124 valence electrons. The Hall–Kier alpha value is -3.09. The van der Waals surface area contributed by atoms with Crippen molar-refractivity contribution >= 4 is 11.6 Å². The average Bonchev–Trinajstić information content (AvgIpc) is 3.05. The van der Waals surface area contributed by atoms with Gasteiger partial charge in [-0.25, -0.2) is 9.50 Å². The predicted molar refractivity (Wildman–Crippen MR) is 88.4 cm³/mol. The first-order chi connectivity index (χ1) is 11.6. The maximum Gasteiger partial charge on any atom is 0.257 e. The fourth-order valence-corrected chi connectivity index (χ4v) is 2.52.